The Bertz CT molecular complexity index is 758. The van der Waals surface area contributed by atoms with Crippen molar-refractivity contribution in [3.63, 3.8) is 0 Å². The monoisotopic (exact) mass is 355 g/mol. The Morgan fingerprint density at radius 1 is 0.846 bits per heavy atom. The van der Waals surface area contributed by atoms with Crippen LogP contribution in [-0.2, 0) is 4.79 Å². The van der Waals surface area contributed by atoms with Crippen LogP contribution in [0.1, 0.15) is 34.6 Å². The average Bonchev–Trinajstić information content (AvgIpc) is 2.65. The van der Waals surface area contributed by atoms with Gasteiger partial charge in [0.25, 0.3) is 17.7 Å². The lowest BCUT2D eigenvalue weighted by molar-refractivity contribution is -0.120. The van der Waals surface area contributed by atoms with Crippen molar-refractivity contribution in [3.05, 3.63) is 65.7 Å². The van der Waals surface area contributed by atoms with E-state index in [1.54, 1.807) is 54.6 Å². The molecule has 0 aliphatic carbocycles. The standard InChI is InChI=1S/C19H21N3O4/c1-13(2)26-16-10-8-15(9-11-16)19(25)22-21-17(23)12-20-18(24)14-6-4-3-5-7-14/h3-11,13H,12H2,1-2H3,(H,20,24)(H,21,23)(H,22,25). The van der Waals surface area contributed by atoms with E-state index in [9.17, 15) is 14.4 Å². The van der Waals surface area contributed by atoms with Gasteiger partial charge >= 0.3 is 0 Å². The van der Waals surface area contributed by atoms with Crippen molar-refractivity contribution in [1.29, 1.82) is 0 Å². The number of ether oxygens (including phenoxy) is 1. The minimum Gasteiger partial charge on any atom is -0.491 e. The summed E-state index contributed by atoms with van der Waals surface area (Å²) in [6, 6.07) is 15.1. The molecule has 0 spiro atoms. The molecular formula is C19H21N3O4. The van der Waals surface area contributed by atoms with Gasteiger partial charge in [-0.05, 0) is 50.2 Å². The van der Waals surface area contributed by atoms with Gasteiger partial charge in [0.2, 0.25) is 0 Å². The molecule has 0 radical (unpaired) electrons. The molecule has 2 aromatic carbocycles. The summed E-state index contributed by atoms with van der Waals surface area (Å²) < 4.78 is 5.50. The molecule has 136 valence electrons. The zero-order chi connectivity index (χ0) is 18.9. The number of hydrogen-bond donors (Lipinski definition) is 3. The first kappa shape index (κ1) is 19.0. The van der Waals surface area contributed by atoms with Crippen molar-refractivity contribution < 1.29 is 19.1 Å². The van der Waals surface area contributed by atoms with Crippen LogP contribution in [0.5, 0.6) is 5.75 Å². The van der Waals surface area contributed by atoms with E-state index in [0.717, 1.165) is 0 Å². The highest BCUT2D eigenvalue weighted by Crippen LogP contribution is 2.13. The molecule has 0 aliphatic rings. The molecule has 0 unspecified atom stereocenters. The third kappa shape index (κ3) is 5.94. The lowest BCUT2D eigenvalue weighted by atomic mass is 10.2. The Labute approximate surface area is 151 Å². The number of benzene rings is 2. The summed E-state index contributed by atoms with van der Waals surface area (Å²) in [4.78, 5) is 35.5. The van der Waals surface area contributed by atoms with Crippen molar-refractivity contribution in [3.8, 4) is 5.75 Å². The molecule has 0 fully saturated rings. The topological polar surface area (TPSA) is 96.5 Å². The summed E-state index contributed by atoms with van der Waals surface area (Å²) in [6.45, 7) is 3.56. The second-order valence-electron chi connectivity index (χ2n) is 5.74. The fourth-order valence-electron chi connectivity index (χ4n) is 2.05. The van der Waals surface area contributed by atoms with Crippen LogP contribution in [0.25, 0.3) is 0 Å². The van der Waals surface area contributed by atoms with Gasteiger partial charge in [0.15, 0.2) is 0 Å². The first-order chi connectivity index (χ1) is 12.5. The summed E-state index contributed by atoms with van der Waals surface area (Å²) in [7, 11) is 0. The van der Waals surface area contributed by atoms with Crippen molar-refractivity contribution >= 4 is 17.7 Å². The third-order valence-electron chi connectivity index (χ3n) is 3.25. The maximum atomic E-state index is 12.0. The molecule has 0 saturated heterocycles. The molecule has 7 nitrogen and oxygen atoms in total. The summed E-state index contributed by atoms with van der Waals surface area (Å²) >= 11 is 0. The highest BCUT2D eigenvalue weighted by atomic mass is 16.5. The van der Waals surface area contributed by atoms with E-state index in [4.69, 9.17) is 4.74 Å². The number of amides is 3. The van der Waals surface area contributed by atoms with E-state index in [1.807, 2.05) is 13.8 Å². The molecule has 3 N–H and O–H groups in total. The van der Waals surface area contributed by atoms with Crippen LogP contribution in [0.4, 0.5) is 0 Å². The van der Waals surface area contributed by atoms with Crippen molar-refractivity contribution in [2.45, 2.75) is 20.0 Å². The summed E-state index contributed by atoms with van der Waals surface area (Å²) in [6.07, 6.45) is 0.0417. The van der Waals surface area contributed by atoms with Crippen molar-refractivity contribution in [1.82, 2.24) is 16.2 Å². The molecule has 26 heavy (non-hydrogen) atoms. The van der Waals surface area contributed by atoms with Crippen molar-refractivity contribution in [2.24, 2.45) is 0 Å². The lowest BCUT2D eigenvalue weighted by Crippen LogP contribution is -2.46. The van der Waals surface area contributed by atoms with E-state index in [1.165, 1.54) is 0 Å². The van der Waals surface area contributed by atoms with Gasteiger partial charge in [-0.3, -0.25) is 25.2 Å². The Kier molecular flexibility index (Phi) is 6.73. The first-order valence-corrected chi connectivity index (χ1v) is 8.15. The largest absolute Gasteiger partial charge is 0.491 e. The summed E-state index contributed by atoms with van der Waals surface area (Å²) in [5.41, 5.74) is 5.36. The number of nitrogens with one attached hydrogen (secondary N) is 3. The molecule has 0 atom stereocenters. The number of rotatable bonds is 6. The number of hydrogen-bond acceptors (Lipinski definition) is 4. The molecule has 2 aromatic rings. The quantitative estimate of drug-likeness (QED) is 0.687. The van der Waals surface area contributed by atoms with Gasteiger partial charge in [-0.1, -0.05) is 18.2 Å². The molecule has 0 aliphatic heterocycles. The Balaban J connectivity index is 1.76. The average molecular weight is 355 g/mol. The summed E-state index contributed by atoms with van der Waals surface area (Å²) in [5, 5.41) is 2.47. The van der Waals surface area contributed by atoms with E-state index < -0.39 is 11.8 Å². The van der Waals surface area contributed by atoms with Gasteiger partial charge in [-0.25, -0.2) is 0 Å². The highest BCUT2D eigenvalue weighted by Gasteiger charge is 2.10. The van der Waals surface area contributed by atoms with Gasteiger partial charge in [-0.15, -0.1) is 0 Å². The van der Waals surface area contributed by atoms with Crippen molar-refractivity contribution in [2.75, 3.05) is 6.54 Å². The zero-order valence-corrected chi connectivity index (χ0v) is 14.6. The minimum absolute atomic E-state index is 0.0417. The van der Waals surface area contributed by atoms with E-state index in [0.29, 0.717) is 16.9 Å². The predicted octanol–water partition coefficient (Wildman–Crippen LogP) is 1.66. The minimum atomic E-state index is -0.539. The Hall–Kier alpha value is -3.35. The third-order valence-corrected chi connectivity index (χ3v) is 3.25. The van der Waals surface area contributed by atoms with Crippen LogP contribution in [0.15, 0.2) is 54.6 Å². The smallest absolute Gasteiger partial charge is 0.269 e. The normalized spacial score (nSPS) is 10.1. The van der Waals surface area contributed by atoms with Crippen LogP contribution in [0, 0.1) is 0 Å². The van der Waals surface area contributed by atoms with E-state index in [-0.39, 0.29) is 18.6 Å². The number of hydrazine groups is 1. The van der Waals surface area contributed by atoms with E-state index in [2.05, 4.69) is 16.2 Å². The van der Waals surface area contributed by atoms with Crippen LogP contribution in [0.2, 0.25) is 0 Å². The SMILES string of the molecule is CC(C)Oc1ccc(C(=O)NNC(=O)CNC(=O)c2ccccc2)cc1. The molecule has 2 rings (SSSR count). The van der Waals surface area contributed by atoms with Crippen LogP contribution in [-0.4, -0.2) is 30.4 Å². The molecule has 0 bridgehead atoms. The van der Waals surface area contributed by atoms with Crippen LogP contribution in [0.3, 0.4) is 0 Å². The maximum Gasteiger partial charge on any atom is 0.269 e. The van der Waals surface area contributed by atoms with E-state index >= 15 is 0 Å². The fourth-order valence-corrected chi connectivity index (χ4v) is 2.05. The molecule has 0 heterocycles. The maximum absolute atomic E-state index is 12.0. The Morgan fingerprint density at radius 2 is 1.46 bits per heavy atom. The fraction of sp³-hybridized carbons (Fsp3) is 0.211. The second kappa shape index (κ2) is 9.22. The number of carbonyl (C=O) groups excluding carboxylic acids is 3. The molecule has 7 heteroatoms. The van der Waals surface area contributed by atoms with Gasteiger partial charge in [-0.2, -0.15) is 0 Å². The highest BCUT2D eigenvalue weighted by molar-refractivity contribution is 5.98. The number of carbonyl (C=O) groups is 3. The molecule has 0 saturated carbocycles. The van der Waals surface area contributed by atoms with Crippen LogP contribution < -0.4 is 20.9 Å². The predicted molar refractivity (Wildman–Crippen MR) is 96.6 cm³/mol. The molecular weight excluding hydrogens is 334 g/mol. The first-order valence-electron chi connectivity index (χ1n) is 8.15. The lowest BCUT2D eigenvalue weighted by Gasteiger charge is -2.11. The molecule has 3 amide bonds. The van der Waals surface area contributed by atoms with Gasteiger partial charge in [0.05, 0.1) is 12.6 Å². The summed E-state index contributed by atoms with van der Waals surface area (Å²) in [5.74, 6) is -0.719. The van der Waals surface area contributed by atoms with Gasteiger partial charge in [0, 0.05) is 11.1 Å². The molecule has 0 aromatic heterocycles. The van der Waals surface area contributed by atoms with Gasteiger partial charge < -0.3 is 10.1 Å². The van der Waals surface area contributed by atoms with Gasteiger partial charge in [0.1, 0.15) is 5.75 Å². The second-order valence-corrected chi connectivity index (χ2v) is 5.74. The van der Waals surface area contributed by atoms with Crippen LogP contribution >= 0.6 is 0 Å². The zero-order valence-electron chi connectivity index (χ0n) is 14.6. The Morgan fingerprint density at radius 3 is 2.08 bits per heavy atom.